The van der Waals surface area contributed by atoms with Crippen molar-refractivity contribution in [3.8, 4) is 23.3 Å². The zero-order valence-corrected chi connectivity index (χ0v) is 18.8. The van der Waals surface area contributed by atoms with E-state index in [4.69, 9.17) is 4.74 Å². The summed E-state index contributed by atoms with van der Waals surface area (Å²) >= 11 is 0. The molecule has 0 saturated heterocycles. The van der Waals surface area contributed by atoms with E-state index in [0.717, 1.165) is 6.07 Å². The highest BCUT2D eigenvalue weighted by Crippen LogP contribution is 2.33. The number of nitriles is 1. The molecule has 12 nitrogen and oxygen atoms in total. The number of benzene rings is 1. The number of rotatable bonds is 7. The molecule has 0 bridgehead atoms. The Kier molecular flexibility index (Phi) is 5.89. The number of anilines is 4. The van der Waals surface area contributed by atoms with Gasteiger partial charge in [0.25, 0.3) is 0 Å². The SMILES string of the molecule is COc1ccc(Nc2cc(Nc3ccc(OC(F)(F)F)c(-n4cnnc4)c3)nn3c(C#N)cnc23)nc1. The van der Waals surface area contributed by atoms with Crippen molar-refractivity contribution in [2.75, 3.05) is 17.7 Å². The molecule has 15 heteroatoms. The first kappa shape index (κ1) is 23.4. The number of aromatic nitrogens is 7. The fourth-order valence-electron chi connectivity index (χ4n) is 3.39. The summed E-state index contributed by atoms with van der Waals surface area (Å²) in [4.78, 5) is 8.53. The van der Waals surface area contributed by atoms with Crippen LogP contribution in [0.3, 0.4) is 0 Å². The molecule has 0 aliphatic carbocycles. The van der Waals surface area contributed by atoms with Crippen LogP contribution in [0.1, 0.15) is 5.69 Å². The number of pyridine rings is 1. The topological polar surface area (TPSA) is 140 Å². The van der Waals surface area contributed by atoms with E-state index in [0.29, 0.717) is 28.6 Å². The average Bonchev–Trinajstić information content (AvgIpc) is 3.55. The maximum Gasteiger partial charge on any atom is 0.573 e. The smallest absolute Gasteiger partial charge is 0.495 e. The minimum absolute atomic E-state index is 0.0366. The average molecular weight is 508 g/mol. The Balaban J connectivity index is 1.53. The normalized spacial score (nSPS) is 11.2. The van der Waals surface area contributed by atoms with E-state index in [1.165, 1.54) is 53.4 Å². The van der Waals surface area contributed by atoms with Gasteiger partial charge >= 0.3 is 6.36 Å². The predicted octanol–water partition coefficient (Wildman–Crippen LogP) is 3.97. The number of halogens is 3. The molecule has 1 aromatic carbocycles. The lowest BCUT2D eigenvalue weighted by Crippen LogP contribution is -2.18. The highest BCUT2D eigenvalue weighted by Gasteiger charge is 2.32. The molecule has 0 unspecified atom stereocenters. The van der Waals surface area contributed by atoms with Gasteiger partial charge in [0.05, 0.1) is 30.9 Å². The van der Waals surface area contributed by atoms with E-state index >= 15 is 0 Å². The second-order valence-corrected chi connectivity index (χ2v) is 7.37. The van der Waals surface area contributed by atoms with Gasteiger partial charge in [-0.05, 0) is 30.3 Å². The van der Waals surface area contributed by atoms with Crippen molar-refractivity contribution >= 4 is 28.7 Å². The fourth-order valence-corrected chi connectivity index (χ4v) is 3.39. The number of alkyl halides is 3. The van der Waals surface area contributed by atoms with E-state index in [1.54, 1.807) is 18.2 Å². The van der Waals surface area contributed by atoms with Crippen molar-refractivity contribution < 1.29 is 22.6 Å². The molecule has 0 aliphatic rings. The second-order valence-electron chi connectivity index (χ2n) is 7.37. The summed E-state index contributed by atoms with van der Waals surface area (Å²) in [5, 5.41) is 27.3. The number of nitrogens with one attached hydrogen (secondary N) is 2. The van der Waals surface area contributed by atoms with Gasteiger partial charge in [0, 0.05) is 11.8 Å². The Morgan fingerprint density at radius 2 is 1.78 bits per heavy atom. The lowest BCUT2D eigenvalue weighted by molar-refractivity contribution is -0.274. The van der Waals surface area contributed by atoms with Crippen molar-refractivity contribution in [3.05, 3.63) is 67.1 Å². The summed E-state index contributed by atoms with van der Waals surface area (Å²) < 4.78 is 50.6. The molecule has 4 aromatic heterocycles. The maximum atomic E-state index is 12.9. The highest BCUT2D eigenvalue weighted by molar-refractivity contribution is 5.77. The Morgan fingerprint density at radius 3 is 2.46 bits per heavy atom. The van der Waals surface area contributed by atoms with E-state index in [2.05, 4.69) is 40.6 Å². The summed E-state index contributed by atoms with van der Waals surface area (Å²) in [6.07, 6.45) is 0.479. The first-order chi connectivity index (χ1) is 17.8. The van der Waals surface area contributed by atoms with Gasteiger partial charge in [-0.3, -0.25) is 4.57 Å². The van der Waals surface area contributed by atoms with Crippen LogP contribution in [0.4, 0.5) is 36.2 Å². The van der Waals surface area contributed by atoms with Crippen LogP contribution >= 0.6 is 0 Å². The maximum absolute atomic E-state index is 12.9. The number of imidazole rings is 1. The Hall–Kier alpha value is -5.39. The van der Waals surface area contributed by atoms with Gasteiger partial charge in [-0.25, -0.2) is 9.97 Å². The van der Waals surface area contributed by atoms with Gasteiger partial charge in [-0.15, -0.1) is 28.5 Å². The van der Waals surface area contributed by atoms with E-state index in [9.17, 15) is 18.4 Å². The minimum Gasteiger partial charge on any atom is -0.495 e. The summed E-state index contributed by atoms with van der Waals surface area (Å²) in [5.74, 6) is 0.861. The van der Waals surface area contributed by atoms with E-state index in [1.807, 2.05) is 6.07 Å². The molecule has 0 fully saturated rings. The van der Waals surface area contributed by atoms with Crippen LogP contribution in [-0.2, 0) is 0 Å². The highest BCUT2D eigenvalue weighted by atomic mass is 19.4. The van der Waals surface area contributed by atoms with Gasteiger partial charge in [0.15, 0.2) is 22.9 Å². The largest absolute Gasteiger partial charge is 0.573 e. The molecular formula is C22H15F3N10O2. The molecule has 0 amide bonds. The Labute approximate surface area is 205 Å². The molecule has 37 heavy (non-hydrogen) atoms. The lowest BCUT2D eigenvalue weighted by atomic mass is 10.2. The third-order valence-corrected chi connectivity index (χ3v) is 4.97. The number of ether oxygens (including phenoxy) is 2. The molecule has 5 rings (SSSR count). The Bertz CT molecular complexity index is 1590. The van der Waals surface area contributed by atoms with Crippen LogP contribution < -0.4 is 20.1 Å². The summed E-state index contributed by atoms with van der Waals surface area (Å²) in [6.45, 7) is 0. The molecule has 0 spiro atoms. The van der Waals surface area contributed by atoms with Crippen LogP contribution in [0, 0.1) is 11.3 Å². The molecule has 2 N–H and O–H groups in total. The van der Waals surface area contributed by atoms with Crippen LogP contribution in [0.5, 0.6) is 11.5 Å². The summed E-state index contributed by atoms with van der Waals surface area (Å²) in [6, 6.07) is 11.0. The number of nitrogens with zero attached hydrogens (tertiary/aromatic N) is 8. The Morgan fingerprint density at radius 1 is 0.973 bits per heavy atom. The van der Waals surface area contributed by atoms with Crippen molar-refractivity contribution in [1.29, 1.82) is 5.26 Å². The van der Waals surface area contributed by atoms with Crippen molar-refractivity contribution in [3.63, 3.8) is 0 Å². The van der Waals surface area contributed by atoms with Gasteiger partial charge in [0.2, 0.25) is 0 Å². The standard InChI is InChI=1S/C22H15F3N10O2/c1-36-15-3-5-19(27-10-15)32-16-7-20(33-35-14(8-26)9-28-21(16)35)31-13-2-4-18(37-22(23,24)25)17(6-13)34-11-29-30-12-34/h2-7,9-12H,1H3,(H,27,32)(H,31,33). The zero-order valence-electron chi connectivity index (χ0n) is 18.8. The van der Waals surface area contributed by atoms with Crippen molar-refractivity contribution in [2.45, 2.75) is 6.36 Å². The molecule has 0 radical (unpaired) electrons. The van der Waals surface area contributed by atoms with E-state index in [-0.39, 0.29) is 17.2 Å². The predicted molar refractivity (Wildman–Crippen MR) is 123 cm³/mol. The van der Waals surface area contributed by atoms with Gasteiger partial charge in [0.1, 0.15) is 30.3 Å². The lowest BCUT2D eigenvalue weighted by Gasteiger charge is -2.16. The van der Waals surface area contributed by atoms with Crippen molar-refractivity contribution in [2.24, 2.45) is 0 Å². The summed E-state index contributed by atoms with van der Waals surface area (Å²) in [5.41, 5.74) is 1.40. The molecule has 4 heterocycles. The molecule has 5 aromatic rings. The van der Waals surface area contributed by atoms with Crippen LogP contribution in [-0.4, -0.2) is 47.8 Å². The zero-order chi connectivity index (χ0) is 26.0. The third kappa shape index (κ3) is 5.03. The first-order valence-electron chi connectivity index (χ1n) is 10.4. The van der Waals surface area contributed by atoms with E-state index < -0.39 is 12.1 Å². The fraction of sp³-hybridized carbons (Fsp3) is 0.0909. The van der Waals surface area contributed by atoms with Crippen LogP contribution in [0.15, 0.2) is 61.4 Å². The van der Waals surface area contributed by atoms with Crippen LogP contribution in [0.25, 0.3) is 11.3 Å². The first-order valence-corrected chi connectivity index (χ1v) is 10.4. The van der Waals surface area contributed by atoms with Crippen LogP contribution in [0.2, 0.25) is 0 Å². The minimum atomic E-state index is -4.89. The number of methoxy groups -OCH3 is 1. The quantitative estimate of drug-likeness (QED) is 0.332. The van der Waals surface area contributed by atoms with Gasteiger partial charge in [-0.1, -0.05) is 0 Å². The monoisotopic (exact) mass is 508 g/mol. The number of hydrogen-bond donors (Lipinski definition) is 2. The molecule has 0 aliphatic heterocycles. The molecule has 0 saturated carbocycles. The molecule has 186 valence electrons. The number of hydrogen-bond acceptors (Lipinski definition) is 10. The molecule has 0 atom stereocenters. The summed E-state index contributed by atoms with van der Waals surface area (Å²) in [7, 11) is 1.53. The van der Waals surface area contributed by atoms with Gasteiger partial charge in [-0.2, -0.15) is 9.78 Å². The number of fused-ring (bicyclic) bond motifs is 1. The van der Waals surface area contributed by atoms with Crippen molar-refractivity contribution in [1.82, 2.24) is 34.3 Å². The third-order valence-electron chi connectivity index (χ3n) is 4.97. The molecular weight excluding hydrogens is 493 g/mol. The second kappa shape index (κ2) is 9.34. The van der Waals surface area contributed by atoms with Gasteiger partial charge < -0.3 is 20.1 Å².